The number of benzene rings is 2. The van der Waals surface area contributed by atoms with Crippen LogP contribution >= 0.6 is 11.8 Å². The van der Waals surface area contributed by atoms with Gasteiger partial charge in [0.1, 0.15) is 6.07 Å². The van der Waals surface area contributed by atoms with Gasteiger partial charge in [-0.25, -0.2) is 0 Å². The molecule has 3 N–H and O–H groups in total. The average molecular weight is 265 g/mol. The van der Waals surface area contributed by atoms with Crippen molar-refractivity contribution in [1.29, 1.82) is 5.26 Å². The Balaban J connectivity index is 1.94. The Morgan fingerprint density at radius 2 is 1.95 bits per heavy atom. The number of nitrogens with one attached hydrogen (secondary N) is 1. The number of rotatable bonds is 2. The molecule has 92 valence electrons. The van der Waals surface area contributed by atoms with Crippen LogP contribution in [-0.4, -0.2) is 4.98 Å². The molecule has 0 saturated heterocycles. The second-order valence-corrected chi connectivity index (χ2v) is 5.30. The summed E-state index contributed by atoms with van der Waals surface area (Å²) in [6, 6.07) is 17.8. The summed E-state index contributed by atoms with van der Waals surface area (Å²) in [4.78, 5) is 4.34. The zero-order chi connectivity index (χ0) is 13.2. The highest BCUT2D eigenvalue weighted by Crippen LogP contribution is 2.31. The van der Waals surface area contributed by atoms with Gasteiger partial charge in [0.15, 0.2) is 0 Å². The van der Waals surface area contributed by atoms with Gasteiger partial charge in [-0.1, -0.05) is 30.0 Å². The largest absolute Gasteiger partial charge is 0.398 e. The number of aromatic nitrogens is 1. The molecule has 2 aromatic carbocycles. The van der Waals surface area contributed by atoms with Gasteiger partial charge in [-0.15, -0.1) is 0 Å². The van der Waals surface area contributed by atoms with Crippen molar-refractivity contribution < 1.29 is 0 Å². The first kappa shape index (κ1) is 11.7. The zero-order valence-corrected chi connectivity index (χ0v) is 10.9. The molecule has 0 fully saturated rings. The molecule has 3 nitrogen and oxygen atoms in total. The molecule has 1 aromatic heterocycles. The van der Waals surface area contributed by atoms with Crippen LogP contribution in [0.1, 0.15) is 5.56 Å². The summed E-state index contributed by atoms with van der Waals surface area (Å²) in [6.07, 6.45) is 0. The van der Waals surface area contributed by atoms with Crippen LogP contribution in [0.4, 0.5) is 5.69 Å². The fraction of sp³-hybridized carbons (Fsp3) is 0. The molecule has 0 atom stereocenters. The van der Waals surface area contributed by atoms with Crippen LogP contribution in [0, 0.1) is 11.3 Å². The quantitative estimate of drug-likeness (QED) is 0.693. The normalized spacial score (nSPS) is 10.5. The predicted molar refractivity (Wildman–Crippen MR) is 78.0 cm³/mol. The van der Waals surface area contributed by atoms with Crippen LogP contribution in [0.3, 0.4) is 0 Å². The van der Waals surface area contributed by atoms with Crippen molar-refractivity contribution in [3.63, 3.8) is 0 Å². The minimum absolute atomic E-state index is 0.515. The molecule has 0 saturated carbocycles. The molecule has 1 heterocycles. The molecular formula is C15H11N3S. The number of H-pyrrole nitrogens is 1. The van der Waals surface area contributed by atoms with Crippen LogP contribution in [0.2, 0.25) is 0 Å². The van der Waals surface area contributed by atoms with Gasteiger partial charge in [0, 0.05) is 21.5 Å². The maximum atomic E-state index is 8.98. The van der Waals surface area contributed by atoms with E-state index >= 15 is 0 Å². The number of nitrogens with two attached hydrogens (primary N) is 1. The maximum absolute atomic E-state index is 8.98. The summed E-state index contributed by atoms with van der Waals surface area (Å²) >= 11 is 1.59. The molecule has 3 rings (SSSR count). The van der Waals surface area contributed by atoms with Gasteiger partial charge in [0.2, 0.25) is 0 Å². The Labute approximate surface area is 115 Å². The van der Waals surface area contributed by atoms with Crippen molar-refractivity contribution >= 4 is 28.4 Å². The van der Waals surface area contributed by atoms with Crippen molar-refractivity contribution in [2.24, 2.45) is 0 Å². The molecule has 3 aromatic rings. The van der Waals surface area contributed by atoms with Crippen LogP contribution < -0.4 is 5.73 Å². The van der Waals surface area contributed by atoms with E-state index in [0.717, 1.165) is 15.4 Å². The van der Waals surface area contributed by atoms with E-state index in [2.05, 4.69) is 23.2 Å². The highest BCUT2D eigenvalue weighted by atomic mass is 32.2. The highest BCUT2D eigenvalue weighted by Gasteiger charge is 2.05. The minimum Gasteiger partial charge on any atom is -0.398 e. The summed E-state index contributed by atoms with van der Waals surface area (Å²) in [5.74, 6) is 0. The Bertz CT molecular complexity index is 750. The fourth-order valence-electron chi connectivity index (χ4n) is 1.92. The van der Waals surface area contributed by atoms with E-state index < -0.39 is 0 Å². The van der Waals surface area contributed by atoms with E-state index in [1.54, 1.807) is 17.8 Å². The van der Waals surface area contributed by atoms with Crippen molar-refractivity contribution in [2.45, 2.75) is 9.92 Å². The Morgan fingerprint density at radius 3 is 2.74 bits per heavy atom. The van der Waals surface area contributed by atoms with Crippen LogP contribution in [0.25, 0.3) is 10.9 Å². The lowest BCUT2D eigenvalue weighted by atomic mass is 10.2. The number of hydrogen-bond donors (Lipinski definition) is 2. The molecule has 0 aliphatic carbocycles. The predicted octanol–water partition coefficient (Wildman–Crippen LogP) is 3.77. The van der Waals surface area contributed by atoms with Crippen LogP contribution in [-0.2, 0) is 0 Å². The first-order chi connectivity index (χ1) is 9.26. The number of nitrogens with zero attached hydrogens (tertiary/aromatic N) is 1. The number of nitriles is 1. The number of para-hydroxylation sites is 1. The lowest BCUT2D eigenvalue weighted by Crippen LogP contribution is -1.89. The lowest BCUT2D eigenvalue weighted by molar-refractivity contribution is 1.23. The average Bonchev–Trinajstić information content (AvgIpc) is 2.83. The van der Waals surface area contributed by atoms with Gasteiger partial charge in [-0.3, -0.25) is 0 Å². The number of anilines is 1. The van der Waals surface area contributed by atoms with E-state index in [1.807, 2.05) is 30.3 Å². The number of nitrogen functional groups attached to an aromatic ring is 1. The minimum atomic E-state index is 0.515. The van der Waals surface area contributed by atoms with Crippen molar-refractivity contribution in [3.05, 3.63) is 54.1 Å². The van der Waals surface area contributed by atoms with Crippen molar-refractivity contribution in [3.8, 4) is 6.07 Å². The topological polar surface area (TPSA) is 65.6 Å². The third kappa shape index (κ3) is 2.28. The molecule has 0 amide bonds. The van der Waals surface area contributed by atoms with E-state index in [1.165, 1.54) is 5.39 Å². The van der Waals surface area contributed by atoms with Gasteiger partial charge >= 0.3 is 0 Å². The second-order valence-electron chi connectivity index (χ2n) is 4.18. The Kier molecular flexibility index (Phi) is 2.90. The summed E-state index contributed by atoms with van der Waals surface area (Å²) in [6.45, 7) is 0. The van der Waals surface area contributed by atoms with E-state index in [-0.39, 0.29) is 0 Å². The zero-order valence-electron chi connectivity index (χ0n) is 10.1. The van der Waals surface area contributed by atoms with Crippen LogP contribution in [0.15, 0.2) is 58.5 Å². The summed E-state index contributed by atoms with van der Waals surface area (Å²) in [5.41, 5.74) is 7.86. The molecule has 0 aliphatic rings. The Morgan fingerprint density at radius 1 is 1.11 bits per heavy atom. The van der Waals surface area contributed by atoms with Gasteiger partial charge < -0.3 is 10.7 Å². The highest BCUT2D eigenvalue weighted by molar-refractivity contribution is 7.99. The molecule has 0 spiro atoms. The lowest BCUT2D eigenvalue weighted by Gasteiger charge is -2.01. The maximum Gasteiger partial charge on any atom is 0.101 e. The SMILES string of the molecule is N#Cc1cc(Sc2cc3ccccc3[nH]2)ccc1N. The van der Waals surface area contributed by atoms with Crippen LogP contribution in [0.5, 0.6) is 0 Å². The molecule has 0 radical (unpaired) electrons. The fourth-order valence-corrected chi connectivity index (χ4v) is 2.84. The van der Waals surface area contributed by atoms with Gasteiger partial charge in [-0.05, 0) is 30.3 Å². The number of hydrogen-bond acceptors (Lipinski definition) is 3. The molecule has 0 aliphatic heterocycles. The monoisotopic (exact) mass is 265 g/mol. The first-order valence-electron chi connectivity index (χ1n) is 5.81. The van der Waals surface area contributed by atoms with Crippen molar-refractivity contribution in [2.75, 3.05) is 5.73 Å². The first-order valence-corrected chi connectivity index (χ1v) is 6.63. The van der Waals surface area contributed by atoms with E-state index in [0.29, 0.717) is 11.3 Å². The standard InChI is InChI=1S/C15H11N3S/c16-9-11-7-12(5-6-13(11)17)19-15-8-10-3-1-2-4-14(10)18-15/h1-8,18H,17H2. The summed E-state index contributed by atoms with van der Waals surface area (Å²) in [7, 11) is 0. The molecule has 0 bridgehead atoms. The number of aromatic amines is 1. The van der Waals surface area contributed by atoms with Gasteiger partial charge in [0.25, 0.3) is 0 Å². The van der Waals surface area contributed by atoms with E-state index in [4.69, 9.17) is 11.0 Å². The smallest absolute Gasteiger partial charge is 0.101 e. The third-order valence-corrected chi connectivity index (χ3v) is 3.81. The van der Waals surface area contributed by atoms with Crippen molar-refractivity contribution in [1.82, 2.24) is 4.98 Å². The molecule has 4 heteroatoms. The molecule has 19 heavy (non-hydrogen) atoms. The number of fused-ring (bicyclic) bond motifs is 1. The molecule has 0 unspecified atom stereocenters. The Hall–Kier alpha value is -2.38. The van der Waals surface area contributed by atoms with Gasteiger partial charge in [0.05, 0.1) is 10.6 Å². The second kappa shape index (κ2) is 4.71. The van der Waals surface area contributed by atoms with E-state index in [9.17, 15) is 0 Å². The summed E-state index contributed by atoms with van der Waals surface area (Å²) in [5, 5.41) is 11.2. The third-order valence-electron chi connectivity index (χ3n) is 2.88. The summed E-state index contributed by atoms with van der Waals surface area (Å²) < 4.78 is 0. The molecular weight excluding hydrogens is 254 g/mol. The van der Waals surface area contributed by atoms with Gasteiger partial charge in [-0.2, -0.15) is 5.26 Å².